The van der Waals surface area contributed by atoms with Crippen LogP contribution in [-0.2, 0) is 10.0 Å². The molecule has 6 heteroatoms. The predicted octanol–water partition coefficient (Wildman–Crippen LogP) is 1.39. The van der Waals surface area contributed by atoms with Crippen LogP contribution in [0.3, 0.4) is 0 Å². The van der Waals surface area contributed by atoms with Crippen molar-refractivity contribution in [3.05, 3.63) is 0 Å². The second kappa shape index (κ2) is 8.34. The molecule has 0 radical (unpaired) electrons. The zero-order valence-electron chi connectivity index (χ0n) is 11.6. The van der Waals surface area contributed by atoms with E-state index in [1.54, 1.807) is 18.8 Å². The molecule has 0 spiro atoms. The van der Waals surface area contributed by atoms with E-state index in [1.807, 2.05) is 27.0 Å². The van der Waals surface area contributed by atoms with E-state index in [0.717, 1.165) is 12.2 Å². The normalized spacial score (nSPS) is 14.5. The minimum Gasteiger partial charge on any atom is -0.313 e. The van der Waals surface area contributed by atoms with Crippen molar-refractivity contribution in [3.63, 3.8) is 0 Å². The average molecular weight is 282 g/mol. The maximum atomic E-state index is 12.0. The molecule has 0 amide bonds. The maximum absolute atomic E-state index is 12.0. The number of hydrogen-bond donors (Lipinski definition) is 1. The third kappa shape index (κ3) is 7.28. The molecule has 17 heavy (non-hydrogen) atoms. The van der Waals surface area contributed by atoms with Gasteiger partial charge in [0.05, 0.1) is 5.75 Å². The summed E-state index contributed by atoms with van der Waals surface area (Å²) in [4.78, 5) is 0. The summed E-state index contributed by atoms with van der Waals surface area (Å²) >= 11 is 1.75. The van der Waals surface area contributed by atoms with Gasteiger partial charge in [-0.1, -0.05) is 13.8 Å². The first kappa shape index (κ1) is 17.2. The van der Waals surface area contributed by atoms with Crippen LogP contribution in [0.15, 0.2) is 0 Å². The molecule has 0 aliphatic carbocycles. The van der Waals surface area contributed by atoms with Crippen molar-refractivity contribution >= 4 is 21.8 Å². The Labute approximate surface area is 111 Å². The Kier molecular flexibility index (Phi) is 8.45. The van der Waals surface area contributed by atoms with Gasteiger partial charge in [-0.3, -0.25) is 0 Å². The van der Waals surface area contributed by atoms with E-state index >= 15 is 0 Å². The molecule has 0 aliphatic heterocycles. The van der Waals surface area contributed by atoms with Crippen molar-refractivity contribution in [1.29, 1.82) is 0 Å². The summed E-state index contributed by atoms with van der Waals surface area (Å²) in [5.41, 5.74) is 0. The Morgan fingerprint density at radius 3 is 2.35 bits per heavy atom. The number of nitrogens with one attached hydrogen (secondary N) is 1. The second-order valence-electron chi connectivity index (χ2n) is 4.57. The summed E-state index contributed by atoms with van der Waals surface area (Å²) in [6.45, 7) is 6.50. The van der Waals surface area contributed by atoms with Crippen LogP contribution in [0.4, 0.5) is 0 Å². The third-order valence-electron chi connectivity index (χ3n) is 2.71. The number of thioether (sulfide) groups is 1. The van der Waals surface area contributed by atoms with Gasteiger partial charge in [-0.15, -0.1) is 0 Å². The summed E-state index contributed by atoms with van der Waals surface area (Å²) in [5, 5.41) is 3.13. The smallest absolute Gasteiger partial charge is 0.215 e. The minimum absolute atomic E-state index is 0.0755. The summed E-state index contributed by atoms with van der Waals surface area (Å²) in [6.07, 6.45) is 2.93. The summed E-state index contributed by atoms with van der Waals surface area (Å²) < 4.78 is 25.5. The van der Waals surface area contributed by atoms with Gasteiger partial charge in [0, 0.05) is 25.7 Å². The number of rotatable bonds is 9. The van der Waals surface area contributed by atoms with E-state index in [0.29, 0.717) is 12.6 Å². The maximum Gasteiger partial charge on any atom is 0.215 e. The lowest BCUT2D eigenvalue weighted by atomic mass is 10.3. The average Bonchev–Trinajstić information content (AvgIpc) is 2.23. The molecule has 0 aromatic rings. The molecule has 1 atom stereocenters. The van der Waals surface area contributed by atoms with Crippen LogP contribution in [0.1, 0.15) is 27.2 Å². The number of sulfonamides is 1. The summed E-state index contributed by atoms with van der Waals surface area (Å²) in [5.74, 6) is 1.16. The first-order chi connectivity index (χ1) is 7.81. The molecule has 0 aromatic heterocycles. The minimum atomic E-state index is -3.12. The molecule has 0 aromatic carbocycles. The van der Waals surface area contributed by atoms with E-state index in [9.17, 15) is 8.42 Å². The van der Waals surface area contributed by atoms with Crippen molar-refractivity contribution in [2.75, 3.05) is 31.4 Å². The lowest BCUT2D eigenvalue weighted by Gasteiger charge is -2.24. The molecule has 0 bridgehead atoms. The molecule has 1 N–H and O–H groups in total. The van der Waals surface area contributed by atoms with Crippen LogP contribution in [0, 0.1) is 0 Å². The zero-order valence-corrected chi connectivity index (χ0v) is 13.2. The van der Waals surface area contributed by atoms with Gasteiger partial charge in [0.1, 0.15) is 0 Å². The van der Waals surface area contributed by atoms with Gasteiger partial charge >= 0.3 is 0 Å². The number of hydrogen-bond acceptors (Lipinski definition) is 4. The first-order valence-corrected chi connectivity index (χ1v) is 8.99. The van der Waals surface area contributed by atoms with Gasteiger partial charge in [-0.05, 0) is 25.4 Å². The Morgan fingerprint density at radius 2 is 1.88 bits per heavy atom. The van der Waals surface area contributed by atoms with Crippen LogP contribution in [0.25, 0.3) is 0 Å². The van der Waals surface area contributed by atoms with Crippen LogP contribution in [0.5, 0.6) is 0 Å². The molecular weight excluding hydrogens is 256 g/mol. The fourth-order valence-electron chi connectivity index (χ4n) is 1.36. The van der Waals surface area contributed by atoms with Gasteiger partial charge in [0.25, 0.3) is 0 Å². The molecule has 0 rings (SSSR count). The summed E-state index contributed by atoms with van der Waals surface area (Å²) in [7, 11) is -1.45. The molecule has 0 fully saturated rings. The van der Waals surface area contributed by atoms with Crippen LogP contribution < -0.4 is 5.32 Å². The fourth-order valence-corrected chi connectivity index (χ4v) is 3.26. The van der Waals surface area contributed by atoms with Gasteiger partial charge in [0.2, 0.25) is 10.0 Å². The molecule has 0 heterocycles. The molecule has 4 nitrogen and oxygen atoms in total. The monoisotopic (exact) mass is 282 g/mol. The Hall–Kier alpha value is 0.220. The molecule has 0 saturated heterocycles. The molecular formula is C11H26N2O2S2. The van der Waals surface area contributed by atoms with Gasteiger partial charge in [-0.2, -0.15) is 11.8 Å². The first-order valence-electron chi connectivity index (χ1n) is 5.99. The molecule has 104 valence electrons. The van der Waals surface area contributed by atoms with Crippen molar-refractivity contribution < 1.29 is 8.42 Å². The Morgan fingerprint density at radius 1 is 1.29 bits per heavy atom. The molecule has 0 saturated carbocycles. The summed E-state index contributed by atoms with van der Waals surface area (Å²) in [6, 6.07) is 0.399. The third-order valence-corrected chi connectivity index (χ3v) is 5.31. The van der Waals surface area contributed by atoms with Crippen molar-refractivity contribution in [3.8, 4) is 0 Å². The number of nitrogens with zero attached hydrogens (tertiary/aromatic N) is 1. The lowest BCUT2D eigenvalue weighted by molar-refractivity contribution is 0.381. The predicted molar refractivity (Wildman–Crippen MR) is 77.1 cm³/mol. The second-order valence-corrected chi connectivity index (χ2v) is 7.71. The highest BCUT2D eigenvalue weighted by Crippen LogP contribution is 2.10. The van der Waals surface area contributed by atoms with E-state index in [-0.39, 0.29) is 11.8 Å². The van der Waals surface area contributed by atoms with Crippen LogP contribution in [0.2, 0.25) is 0 Å². The largest absolute Gasteiger partial charge is 0.313 e. The van der Waals surface area contributed by atoms with Crippen molar-refractivity contribution in [1.82, 2.24) is 9.62 Å². The Bertz CT molecular complexity index is 292. The quantitative estimate of drug-likeness (QED) is 0.694. The Balaban J connectivity index is 4.19. The van der Waals surface area contributed by atoms with Crippen molar-refractivity contribution in [2.24, 2.45) is 0 Å². The van der Waals surface area contributed by atoms with E-state index < -0.39 is 10.0 Å². The van der Waals surface area contributed by atoms with E-state index in [2.05, 4.69) is 5.32 Å². The zero-order chi connectivity index (χ0) is 13.5. The highest BCUT2D eigenvalue weighted by Gasteiger charge is 2.22. The van der Waals surface area contributed by atoms with E-state index in [4.69, 9.17) is 0 Å². The SMILES string of the molecule is CSCCC(C)N(C)S(=O)(=O)CCNC(C)C. The van der Waals surface area contributed by atoms with Crippen LogP contribution >= 0.6 is 11.8 Å². The van der Waals surface area contributed by atoms with Gasteiger partial charge in [0.15, 0.2) is 0 Å². The topological polar surface area (TPSA) is 49.4 Å². The van der Waals surface area contributed by atoms with Gasteiger partial charge in [-0.25, -0.2) is 12.7 Å². The van der Waals surface area contributed by atoms with Crippen LogP contribution in [-0.4, -0.2) is 56.2 Å². The van der Waals surface area contributed by atoms with E-state index in [1.165, 1.54) is 4.31 Å². The lowest BCUT2D eigenvalue weighted by Crippen LogP contribution is -2.40. The standard InChI is InChI=1S/C11H26N2O2S2/c1-10(2)12-7-9-17(14,15)13(4)11(3)6-8-16-5/h10-12H,6-9H2,1-5H3. The van der Waals surface area contributed by atoms with Crippen molar-refractivity contribution in [2.45, 2.75) is 39.3 Å². The fraction of sp³-hybridized carbons (Fsp3) is 1.00. The molecule has 1 unspecified atom stereocenters. The highest BCUT2D eigenvalue weighted by atomic mass is 32.2. The molecule has 0 aliphatic rings. The van der Waals surface area contributed by atoms with Gasteiger partial charge < -0.3 is 5.32 Å². The highest BCUT2D eigenvalue weighted by molar-refractivity contribution is 7.98.